The third kappa shape index (κ3) is 2.72. The minimum absolute atomic E-state index is 0.127. The van der Waals surface area contributed by atoms with Crippen LogP contribution in [0, 0.1) is 0 Å². The molecule has 0 bridgehead atoms. The second-order valence-electron chi connectivity index (χ2n) is 5.66. The van der Waals surface area contributed by atoms with Gasteiger partial charge in [-0.1, -0.05) is 30.3 Å². The lowest BCUT2D eigenvalue weighted by atomic mass is 9.96. The van der Waals surface area contributed by atoms with Crippen LogP contribution in [0.3, 0.4) is 0 Å². The highest BCUT2D eigenvalue weighted by Crippen LogP contribution is 2.31. The van der Waals surface area contributed by atoms with E-state index in [0.29, 0.717) is 6.54 Å². The van der Waals surface area contributed by atoms with E-state index in [-0.39, 0.29) is 5.54 Å². The molecule has 1 heterocycles. The van der Waals surface area contributed by atoms with E-state index in [1.54, 1.807) is 0 Å². The number of carboxylic acid groups (broad SMARTS) is 1. The minimum Gasteiger partial charge on any atom is -0.481 e. The van der Waals surface area contributed by atoms with E-state index in [9.17, 15) is 9.90 Å². The van der Waals surface area contributed by atoms with Crippen LogP contribution in [-0.4, -0.2) is 34.6 Å². The first-order valence-corrected chi connectivity index (χ1v) is 6.53. The van der Waals surface area contributed by atoms with Crippen molar-refractivity contribution < 1.29 is 9.90 Å². The lowest BCUT2D eigenvalue weighted by molar-refractivity contribution is -0.139. The van der Waals surface area contributed by atoms with Gasteiger partial charge in [0.25, 0.3) is 0 Å². The normalized spacial score (nSPS) is 20.8. The smallest absolute Gasteiger partial charge is 0.312 e. The van der Waals surface area contributed by atoms with E-state index >= 15 is 0 Å². The van der Waals surface area contributed by atoms with Gasteiger partial charge in [0.05, 0.1) is 5.92 Å². The van der Waals surface area contributed by atoms with Crippen molar-refractivity contribution in [1.82, 2.24) is 4.90 Å². The van der Waals surface area contributed by atoms with Gasteiger partial charge in [0.2, 0.25) is 0 Å². The van der Waals surface area contributed by atoms with Crippen molar-refractivity contribution in [3.05, 3.63) is 35.9 Å². The van der Waals surface area contributed by atoms with E-state index in [4.69, 9.17) is 0 Å². The number of carboxylic acids is 1. The standard InChI is InChI=1S/C15H21NO2/c1-15(2)9-6-10-16(15)11-13(14(17)18)12-7-4-3-5-8-12/h3-5,7-8,13H,6,9-11H2,1-2H3,(H,17,18). The fourth-order valence-corrected chi connectivity index (χ4v) is 2.73. The molecule has 1 unspecified atom stereocenters. The molecule has 1 atom stereocenters. The number of carbonyl (C=O) groups is 1. The van der Waals surface area contributed by atoms with Gasteiger partial charge in [0.15, 0.2) is 0 Å². The van der Waals surface area contributed by atoms with Gasteiger partial charge in [0, 0.05) is 12.1 Å². The molecule has 18 heavy (non-hydrogen) atoms. The Bertz CT molecular complexity index is 414. The second kappa shape index (κ2) is 5.11. The molecular weight excluding hydrogens is 226 g/mol. The highest BCUT2D eigenvalue weighted by Gasteiger charge is 2.35. The topological polar surface area (TPSA) is 40.5 Å². The van der Waals surface area contributed by atoms with E-state index in [2.05, 4.69) is 18.7 Å². The van der Waals surface area contributed by atoms with Crippen molar-refractivity contribution in [1.29, 1.82) is 0 Å². The third-order valence-corrected chi connectivity index (χ3v) is 3.98. The zero-order chi connectivity index (χ0) is 13.2. The maximum atomic E-state index is 11.5. The molecule has 2 rings (SSSR count). The molecule has 1 aromatic carbocycles. The van der Waals surface area contributed by atoms with Gasteiger partial charge in [-0.05, 0) is 38.8 Å². The van der Waals surface area contributed by atoms with Crippen LogP contribution >= 0.6 is 0 Å². The molecule has 0 spiro atoms. The first kappa shape index (κ1) is 13.1. The van der Waals surface area contributed by atoms with Gasteiger partial charge in [-0.25, -0.2) is 0 Å². The molecular formula is C15H21NO2. The zero-order valence-corrected chi connectivity index (χ0v) is 11.1. The summed E-state index contributed by atoms with van der Waals surface area (Å²) >= 11 is 0. The van der Waals surface area contributed by atoms with Crippen molar-refractivity contribution >= 4 is 5.97 Å². The molecule has 0 aliphatic carbocycles. The Morgan fingerprint density at radius 3 is 2.56 bits per heavy atom. The van der Waals surface area contributed by atoms with E-state index in [1.807, 2.05) is 30.3 Å². The molecule has 0 amide bonds. The summed E-state index contributed by atoms with van der Waals surface area (Å²) in [6.07, 6.45) is 2.31. The largest absolute Gasteiger partial charge is 0.481 e. The third-order valence-electron chi connectivity index (χ3n) is 3.98. The predicted octanol–water partition coefficient (Wildman–Crippen LogP) is 2.73. The van der Waals surface area contributed by atoms with Gasteiger partial charge in [0.1, 0.15) is 0 Å². The zero-order valence-electron chi connectivity index (χ0n) is 11.1. The lowest BCUT2D eigenvalue weighted by Crippen LogP contribution is -2.42. The number of benzene rings is 1. The quantitative estimate of drug-likeness (QED) is 0.889. The summed E-state index contributed by atoms with van der Waals surface area (Å²) in [4.78, 5) is 13.8. The summed E-state index contributed by atoms with van der Waals surface area (Å²) in [5, 5.41) is 9.43. The molecule has 0 saturated carbocycles. The van der Waals surface area contributed by atoms with Crippen LogP contribution in [0.1, 0.15) is 38.2 Å². The molecule has 98 valence electrons. The SMILES string of the molecule is CC1(C)CCCN1CC(C(=O)O)c1ccccc1. The first-order valence-electron chi connectivity index (χ1n) is 6.53. The van der Waals surface area contributed by atoms with Crippen molar-refractivity contribution in [2.75, 3.05) is 13.1 Å². The number of likely N-dealkylation sites (tertiary alicyclic amines) is 1. The molecule has 1 fully saturated rings. The number of hydrogen-bond acceptors (Lipinski definition) is 2. The second-order valence-corrected chi connectivity index (χ2v) is 5.66. The van der Waals surface area contributed by atoms with Crippen molar-refractivity contribution in [2.45, 2.75) is 38.1 Å². The summed E-state index contributed by atoms with van der Waals surface area (Å²) in [7, 11) is 0. The Kier molecular flexibility index (Phi) is 3.71. The summed E-state index contributed by atoms with van der Waals surface area (Å²) < 4.78 is 0. The molecule has 1 aliphatic rings. The number of hydrogen-bond donors (Lipinski definition) is 1. The summed E-state index contributed by atoms with van der Waals surface area (Å²) in [5.41, 5.74) is 1.02. The number of aliphatic carboxylic acids is 1. The van der Waals surface area contributed by atoms with Crippen LogP contribution in [0.25, 0.3) is 0 Å². The highest BCUT2D eigenvalue weighted by molar-refractivity contribution is 5.76. The van der Waals surface area contributed by atoms with Crippen molar-refractivity contribution in [2.24, 2.45) is 0 Å². The Hall–Kier alpha value is -1.35. The summed E-state index contributed by atoms with van der Waals surface area (Å²) in [6.45, 7) is 6.00. The van der Waals surface area contributed by atoms with Crippen molar-refractivity contribution in [3.8, 4) is 0 Å². The Balaban J connectivity index is 2.15. The van der Waals surface area contributed by atoms with Gasteiger partial charge in [-0.3, -0.25) is 9.69 Å². The molecule has 0 aromatic heterocycles. The van der Waals surface area contributed by atoms with Crippen LogP contribution in [0.2, 0.25) is 0 Å². The van der Waals surface area contributed by atoms with Crippen molar-refractivity contribution in [3.63, 3.8) is 0 Å². The van der Waals surface area contributed by atoms with Crippen LogP contribution in [-0.2, 0) is 4.79 Å². The van der Waals surface area contributed by atoms with Crippen LogP contribution < -0.4 is 0 Å². The molecule has 1 aromatic rings. The fourth-order valence-electron chi connectivity index (χ4n) is 2.73. The summed E-state index contributed by atoms with van der Waals surface area (Å²) in [5.74, 6) is -1.16. The predicted molar refractivity (Wildman–Crippen MR) is 71.7 cm³/mol. The molecule has 1 aliphatic heterocycles. The lowest BCUT2D eigenvalue weighted by Gasteiger charge is -2.33. The van der Waals surface area contributed by atoms with Gasteiger partial charge in [-0.15, -0.1) is 0 Å². The van der Waals surface area contributed by atoms with Crippen LogP contribution in [0.15, 0.2) is 30.3 Å². The highest BCUT2D eigenvalue weighted by atomic mass is 16.4. The number of rotatable bonds is 4. The molecule has 1 saturated heterocycles. The molecule has 3 heteroatoms. The average molecular weight is 247 g/mol. The van der Waals surface area contributed by atoms with E-state index in [0.717, 1.165) is 24.9 Å². The summed E-state index contributed by atoms with van der Waals surface area (Å²) in [6, 6.07) is 9.53. The monoisotopic (exact) mass is 247 g/mol. The maximum Gasteiger partial charge on any atom is 0.312 e. The van der Waals surface area contributed by atoms with Gasteiger partial charge in [-0.2, -0.15) is 0 Å². The molecule has 3 nitrogen and oxygen atoms in total. The van der Waals surface area contributed by atoms with Gasteiger partial charge < -0.3 is 5.11 Å². The first-order chi connectivity index (χ1) is 8.50. The fraction of sp³-hybridized carbons (Fsp3) is 0.533. The molecule has 0 radical (unpaired) electrons. The van der Waals surface area contributed by atoms with E-state index in [1.165, 1.54) is 0 Å². The Morgan fingerprint density at radius 2 is 2.06 bits per heavy atom. The van der Waals surface area contributed by atoms with Gasteiger partial charge >= 0.3 is 5.97 Å². The number of nitrogens with zero attached hydrogens (tertiary/aromatic N) is 1. The van der Waals surface area contributed by atoms with Crippen LogP contribution in [0.5, 0.6) is 0 Å². The van der Waals surface area contributed by atoms with Crippen LogP contribution in [0.4, 0.5) is 0 Å². The average Bonchev–Trinajstić information content (AvgIpc) is 2.66. The Morgan fingerprint density at radius 1 is 1.39 bits per heavy atom. The minimum atomic E-state index is -0.732. The Labute approximate surface area is 108 Å². The molecule has 1 N–H and O–H groups in total. The van der Waals surface area contributed by atoms with E-state index < -0.39 is 11.9 Å². The maximum absolute atomic E-state index is 11.5.